The van der Waals surface area contributed by atoms with Crippen LogP contribution < -0.4 is 16.2 Å². The van der Waals surface area contributed by atoms with E-state index in [9.17, 15) is 9.59 Å². The number of Topliss-reactive ketones (excluding diaryl/α,β-unsaturated/α-hetero) is 1. The number of anilines is 1. The normalized spacial score (nSPS) is 25.8. The number of halogens is 1. The molecule has 0 bridgehead atoms. The fourth-order valence-electron chi connectivity index (χ4n) is 2.90. The number of aldehydes is 1. The average molecular weight is 336 g/mol. The SMILES string of the molecule is CCC1(C)NCC(=C(C)NNc2ccc(Cl)cc2)C1C(=O)C=O. The molecule has 23 heavy (non-hydrogen) atoms. The minimum absolute atomic E-state index is 0.387. The van der Waals surface area contributed by atoms with Crippen molar-refractivity contribution in [3.8, 4) is 0 Å². The van der Waals surface area contributed by atoms with Gasteiger partial charge in [-0.25, -0.2) is 0 Å². The number of carbonyl (C=O) groups is 2. The van der Waals surface area contributed by atoms with Gasteiger partial charge in [-0.2, -0.15) is 0 Å². The molecule has 2 unspecified atom stereocenters. The lowest BCUT2D eigenvalue weighted by atomic mass is 9.79. The highest BCUT2D eigenvalue weighted by molar-refractivity contribution is 6.30. The molecule has 1 aliphatic rings. The first kappa shape index (κ1) is 17.5. The standard InChI is InChI=1S/C17H22ClN3O2/c1-4-17(3)16(15(23)10-22)14(9-19-17)11(2)20-21-13-7-5-12(18)6-8-13/h5-8,10,16,19-21H,4,9H2,1-3H3. The quantitative estimate of drug-likeness (QED) is 0.423. The molecule has 6 heteroatoms. The van der Waals surface area contributed by atoms with E-state index >= 15 is 0 Å². The zero-order valence-electron chi connectivity index (χ0n) is 13.6. The van der Waals surface area contributed by atoms with Crippen molar-refractivity contribution in [2.75, 3.05) is 12.0 Å². The predicted octanol–water partition coefficient (Wildman–Crippen LogP) is 2.69. The molecule has 0 aromatic heterocycles. The number of carbonyl (C=O) groups excluding carboxylic acids is 2. The highest BCUT2D eigenvalue weighted by Crippen LogP contribution is 2.35. The maximum Gasteiger partial charge on any atom is 0.204 e. The van der Waals surface area contributed by atoms with E-state index < -0.39 is 11.5 Å². The largest absolute Gasteiger partial charge is 0.307 e. The first-order valence-electron chi connectivity index (χ1n) is 7.62. The molecule has 1 saturated heterocycles. The van der Waals surface area contributed by atoms with Crippen LogP contribution in [-0.4, -0.2) is 24.2 Å². The molecule has 0 radical (unpaired) electrons. The molecule has 2 rings (SSSR count). The summed E-state index contributed by atoms with van der Waals surface area (Å²) >= 11 is 5.86. The van der Waals surface area contributed by atoms with Crippen LogP contribution in [0.4, 0.5) is 5.69 Å². The Bertz CT molecular complexity index is 627. The second-order valence-corrected chi connectivity index (χ2v) is 6.42. The average Bonchev–Trinajstić information content (AvgIpc) is 2.91. The van der Waals surface area contributed by atoms with E-state index in [1.807, 2.05) is 32.9 Å². The number of hydrogen-bond acceptors (Lipinski definition) is 5. The van der Waals surface area contributed by atoms with Crippen LogP contribution in [0.15, 0.2) is 35.5 Å². The van der Waals surface area contributed by atoms with Gasteiger partial charge in [0, 0.05) is 22.8 Å². The molecule has 3 N–H and O–H groups in total. The van der Waals surface area contributed by atoms with Gasteiger partial charge in [-0.3, -0.25) is 9.59 Å². The number of rotatable bonds is 6. The van der Waals surface area contributed by atoms with Gasteiger partial charge >= 0.3 is 0 Å². The van der Waals surface area contributed by atoms with Crippen LogP contribution in [0.2, 0.25) is 5.02 Å². The van der Waals surface area contributed by atoms with Gasteiger partial charge in [-0.05, 0) is 50.1 Å². The summed E-state index contributed by atoms with van der Waals surface area (Å²) in [5, 5.41) is 4.03. The van der Waals surface area contributed by atoms with E-state index in [4.69, 9.17) is 11.6 Å². The zero-order chi connectivity index (χ0) is 17.0. The third-order valence-corrected chi connectivity index (χ3v) is 4.78. The van der Waals surface area contributed by atoms with Gasteiger partial charge in [-0.1, -0.05) is 18.5 Å². The van der Waals surface area contributed by atoms with Crippen LogP contribution in [0.5, 0.6) is 0 Å². The molecule has 1 heterocycles. The molecule has 1 aromatic carbocycles. The van der Waals surface area contributed by atoms with Gasteiger partial charge in [0.1, 0.15) is 0 Å². The van der Waals surface area contributed by atoms with E-state index in [1.165, 1.54) is 0 Å². The third kappa shape index (κ3) is 3.74. The fraction of sp³-hybridized carbons (Fsp3) is 0.412. The summed E-state index contributed by atoms with van der Waals surface area (Å²) in [4.78, 5) is 23.1. The summed E-state index contributed by atoms with van der Waals surface area (Å²) in [5.41, 5.74) is 8.40. The molecule has 0 saturated carbocycles. The molecular formula is C17H22ClN3O2. The van der Waals surface area contributed by atoms with Crippen molar-refractivity contribution < 1.29 is 9.59 Å². The lowest BCUT2D eigenvalue weighted by Crippen LogP contribution is -2.44. The van der Waals surface area contributed by atoms with Crippen molar-refractivity contribution in [2.45, 2.75) is 32.7 Å². The number of ketones is 1. The van der Waals surface area contributed by atoms with Gasteiger partial charge in [-0.15, -0.1) is 0 Å². The second-order valence-electron chi connectivity index (χ2n) is 5.98. The minimum Gasteiger partial charge on any atom is -0.307 e. The molecule has 2 atom stereocenters. The summed E-state index contributed by atoms with van der Waals surface area (Å²) in [6, 6.07) is 7.28. The van der Waals surface area contributed by atoms with Gasteiger partial charge in [0.2, 0.25) is 5.78 Å². The topological polar surface area (TPSA) is 70.2 Å². The van der Waals surface area contributed by atoms with E-state index in [0.717, 1.165) is 23.4 Å². The Hall–Kier alpha value is -1.85. The van der Waals surface area contributed by atoms with Crippen molar-refractivity contribution in [3.05, 3.63) is 40.6 Å². The number of hydrazine groups is 1. The first-order valence-corrected chi connectivity index (χ1v) is 8.00. The van der Waals surface area contributed by atoms with E-state index in [-0.39, 0.29) is 5.78 Å². The Morgan fingerprint density at radius 3 is 2.65 bits per heavy atom. The Balaban J connectivity index is 2.19. The first-order chi connectivity index (χ1) is 10.9. The fourth-order valence-corrected chi connectivity index (χ4v) is 3.02. The molecule has 1 aromatic rings. The molecule has 0 aliphatic carbocycles. The van der Waals surface area contributed by atoms with E-state index in [1.54, 1.807) is 12.1 Å². The Morgan fingerprint density at radius 1 is 1.43 bits per heavy atom. The van der Waals surface area contributed by atoms with Crippen molar-refractivity contribution >= 4 is 29.4 Å². The van der Waals surface area contributed by atoms with Gasteiger partial charge < -0.3 is 16.2 Å². The lowest BCUT2D eigenvalue weighted by Gasteiger charge is -2.29. The third-order valence-electron chi connectivity index (χ3n) is 4.52. The molecule has 1 fully saturated rings. The number of hydrogen-bond donors (Lipinski definition) is 3. The lowest BCUT2D eigenvalue weighted by molar-refractivity contribution is -0.132. The van der Waals surface area contributed by atoms with Crippen LogP contribution in [0.1, 0.15) is 27.2 Å². The van der Waals surface area contributed by atoms with Crippen molar-refractivity contribution in [1.82, 2.24) is 10.7 Å². The van der Waals surface area contributed by atoms with Crippen molar-refractivity contribution in [3.63, 3.8) is 0 Å². The Labute approximate surface area is 141 Å². The van der Waals surface area contributed by atoms with Crippen LogP contribution in [0, 0.1) is 5.92 Å². The van der Waals surface area contributed by atoms with Crippen molar-refractivity contribution in [1.29, 1.82) is 0 Å². The van der Waals surface area contributed by atoms with Gasteiger partial charge in [0.15, 0.2) is 6.29 Å². The summed E-state index contributed by atoms with van der Waals surface area (Å²) in [7, 11) is 0. The summed E-state index contributed by atoms with van der Waals surface area (Å²) in [6.07, 6.45) is 1.18. The predicted molar refractivity (Wildman–Crippen MR) is 92.2 cm³/mol. The van der Waals surface area contributed by atoms with Crippen LogP contribution in [0.3, 0.4) is 0 Å². The molecule has 5 nitrogen and oxygen atoms in total. The maximum absolute atomic E-state index is 12.1. The Morgan fingerprint density at radius 2 is 2.09 bits per heavy atom. The van der Waals surface area contributed by atoms with Crippen LogP contribution >= 0.6 is 11.6 Å². The second kappa shape index (κ2) is 7.15. The molecule has 0 spiro atoms. The van der Waals surface area contributed by atoms with Crippen LogP contribution in [0.25, 0.3) is 0 Å². The highest BCUT2D eigenvalue weighted by Gasteiger charge is 2.45. The maximum atomic E-state index is 12.1. The molecule has 124 valence electrons. The van der Waals surface area contributed by atoms with Gasteiger partial charge in [0.05, 0.1) is 11.6 Å². The smallest absolute Gasteiger partial charge is 0.204 e. The van der Waals surface area contributed by atoms with E-state index in [2.05, 4.69) is 16.2 Å². The molecule has 1 aliphatic heterocycles. The van der Waals surface area contributed by atoms with E-state index in [0.29, 0.717) is 17.9 Å². The number of allylic oxidation sites excluding steroid dienone is 1. The monoisotopic (exact) mass is 335 g/mol. The number of benzene rings is 1. The summed E-state index contributed by atoms with van der Waals surface area (Å²) in [6.45, 7) is 6.46. The number of nitrogens with one attached hydrogen (secondary N) is 3. The highest BCUT2D eigenvalue weighted by atomic mass is 35.5. The molecular weight excluding hydrogens is 314 g/mol. The zero-order valence-corrected chi connectivity index (χ0v) is 14.3. The van der Waals surface area contributed by atoms with Crippen LogP contribution in [-0.2, 0) is 9.59 Å². The Kier molecular flexibility index (Phi) is 5.44. The summed E-state index contributed by atoms with van der Waals surface area (Å²) < 4.78 is 0. The van der Waals surface area contributed by atoms with Gasteiger partial charge in [0.25, 0.3) is 0 Å². The summed E-state index contributed by atoms with van der Waals surface area (Å²) in [5.74, 6) is -0.827. The minimum atomic E-state index is -0.440. The molecule has 0 amide bonds. The van der Waals surface area contributed by atoms with Crippen molar-refractivity contribution in [2.24, 2.45) is 5.92 Å².